The summed E-state index contributed by atoms with van der Waals surface area (Å²) < 4.78 is 21.5. The van der Waals surface area contributed by atoms with E-state index < -0.39 is 5.97 Å². The molecule has 0 N–H and O–H groups in total. The summed E-state index contributed by atoms with van der Waals surface area (Å²) in [5.41, 5.74) is 2.85. The zero-order chi connectivity index (χ0) is 20.8. The highest BCUT2D eigenvalue weighted by Gasteiger charge is 2.25. The Morgan fingerprint density at radius 2 is 1.69 bits per heavy atom. The molecule has 0 saturated carbocycles. The molecule has 0 radical (unpaired) electrons. The number of methoxy groups -OCH3 is 3. The summed E-state index contributed by atoms with van der Waals surface area (Å²) in [4.78, 5) is 16.7. The zero-order valence-corrected chi connectivity index (χ0v) is 17.2. The minimum Gasteiger partial charge on any atom is -0.493 e. The summed E-state index contributed by atoms with van der Waals surface area (Å²) in [6, 6.07) is 11.5. The van der Waals surface area contributed by atoms with E-state index in [1.165, 1.54) is 19.8 Å². The number of unbranched alkanes of at least 4 members (excludes halogenated alkanes) is 1. The first-order valence-corrected chi connectivity index (χ1v) is 9.52. The Hall–Kier alpha value is -3.28. The predicted molar refractivity (Wildman–Crippen MR) is 112 cm³/mol. The number of esters is 1. The quantitative estimate of drug-likeness (QED) is 0.490. The lowest BCUT2D eigenvalue weighted by molar-refractivity contribution is -0.129. The van der Waals surface area contributed by atoms with Gasteiger partial charge in [0.1, 0.15) is 0 Å². The highest BCUT2D eigenvalue weighted by molar-refractivity contribution is 6.13. The third-order valence-corrected chi connectivity index (χ3v) is 4.67. The van der Waals surface area contributed by atoms with Crippen LogP contribution >= 0.6 is 0 Å². The van der Waals surface area contributed by atoms with Gasteiger partial charge in [-0.2, -0.15) is 0 Å². The second-order valence-electron chi connectivity index (χ2n) is 6.56. The largest absolute Gasteiger partial charge is 0.493 e. The third kappa shape index (κ3) is 4.42. The SMILES string of the molecule is CCCCc1ccc(C2=N/C(=C\c3ccc(OC)c(OC)c3OC)C(=O)O2)cc1. The average molecular weight is 395 g/mol. The molecule has 0 atom stereocenters. The number of benzene rings is 2. The van der Waals surface area contributed by atoms with Gasteiger partial charge in [-0.1, -0.05) is 25.5 Å². The van der Waals surface area contributed by atoms with Crippen molar-refractivity contribution in [2.75, 3.05) is 21.3 Å². The van der Waals surface area contributed by atoms with E-state index in [1.807, 2.05) is 24.3 Å². The van der Waals surface area contributed by atoms with Crippen molar-refractivity contribution < 1.29 is 23.7 Å². The first kappa shape index (κ1) is 20.5. The molecule has 3 rings (SSSR count). The van der Waals surface area contributed by atoms with Crippen molar-refractivity contribution in [3.05, 3.63) is 58.8 Å². The van der Waals surface area contributed by atoms with Crippen molar-refractivity contribution in [3.8, 4) is 17.2 Å². The Morgan fingerprint density at radius 3 is 2.31 bits per heavy atom. The maximum atomic E-state index is 12.3. The molecule has 0 amide bonds. The van der Waals surface area contributed by atoms with E-state index in [2.05, 4.69) is 11.9 Å². The molecule has 0 unspecified atom stereocenters. The fraction of sp³-hybridized carbons (Fsp3) is 0.304. The topological polar surface area (TPSA) is 66.3 Å². The summed E-state index contributed by atoms with van der Waals surface area (Å²) in [5, 5.41) is 0. The number of aliphatic imine (C=N–C) groups is 1. The van der Waals surface area contributed by atoms with Crippen molar-refractivity contribution in [1.29, 1.82) is 0 Å². The van der Waals surface area contributed by atoms with E-state index in [0.717, 1.165) is 24.8 Å². The number of carbonyl (C=O) groups excluding carboxylic acids is 1. The Balaban J connectivity index is 1.91. The van der Waals surface area contributed by atoms with Gasteiger partial charge in [0.15, 0.2) is 17.2 Å². The van der Waals surface area contributed by atoms with Gasteiger partial charge >= 0.3 is 5.97 Å². The molecule has 1 aliphatic rings. The standard InChI is InChI=1S/C23H25NO5/c1-5-6-7-15-8-10-16(11-9-15)22-24-18(23(25)29-22)14-17-12-13-19(26-2)21(28-4)20(17)27-3/h8-14H,5-7H2,1-4H3/b18-14-. The number of hydrogen-bond donors (Lipinski definition) is 0. The number of nitrogens with zero attached hydrogens (tertiary/aromatic N) is 1. The van der Waals surface area contributed by atoms with Crippen LogP contribution in [-0.2, 0) is 16.0 Å². The van der Waals surface area contributed by atoms with Crippen LogP contribution < -0.4 is 14.2 Å². The molecule has 29 heavy (non-hydrogen) atoms. The molecule has 6 heteroatoms. The van der Waals surface area contributed by atoms with E-state index in [4.69, 9.17) is 18.9 Å². The normalized spacial score (nSPS) is 14.6. The molecule has 2 aromatic rings. The minimum absolute atomic E-state index is 0.195. The van der Waals surface area contributed by atoms with Gasteiger partial charge in [-0.05, 0) is 48.7 Å². The third-order valence-electron chi connectivity index (χ3n) is 4.67. The lowest BCUT2D eigenvalue weighted by Gasteiger charge is -2.14. The van der Waals surface area contributed by atoms with Crippen molar-refractivity contribution in [3.63, 3.8) is 0 Å². The van der Waals surface area contributed by atoms with Gasteiger partial charge in [0.05, 0.1) is 21.3 Å². The predicted octanol–water partition coefficient (Wildman–Crippen LogP) is 4.40. The van der Waals surface area contributed by atoms with Gasteiger partial charge < -0.3 is 18.9 Å². The molecule has 0 saturated heterocycles. The molecule has 0 spiro atoms. The van der Waals surface area contributed by atoms with E-state index in [9.17, 15) is 4.79 Å². The fourth-order valence-electron chi connectivity index (χ4n) is 3.11. The molecular weight excluding hydrogens is 370 g/mol. The Bertz CT molecular complexity index is 944. The van der Waals surface area contributed by atoms with Crippen LogP contribution in [0.25, 0.3) is 6.08 Å². The fourth-order valence-corrected chi connectivity index (χ4v) is 3.11. The van der Waals surface area contributed by atoms with Crippen molar-refractivity contribution >= 4 is 17.9 Å². The summed E-state index contributed by atoms with van der Waals surface area (Å²) in [6.07, 6.45) is 4.95. The van der Waals surface area contributed by atoms with Crippen LogP contribution in [0.4, 0.5) is 0 Å². The smallest absolute Gasteiger partial charge is 0.363 e. The minimum atomic E-state index is -0.508. The van der Waals surface area contributed by atoms with Gasteiger partial charge in [-0.25, -0.2) is 9.79 Å². The first-order chi connectivity index (χ1) is 14.1. The Kier molecular flexibility index (Phi) is 6.54. The summed E-state index contributed by atoms with van der Waals surface area (Å²) >= 11 is 0. The van der Waals surface area contributed by atoms with Gasteiger partial charge in [0.2, 0.25) is 11.6 Å². The van der Waals surface area contributed by atoms with Gasteiger partial charge in [0.25, 0.3) is 0 Å². The lowest BCUT2D eigenvalue weighted by atomic mass is 10.1. The van der Waals surface area contributed by atoms with Crippen molar-refractivity contribution in [1.82, 2.24) is 0 Å². The molecule has 1 aliphatic heterocycles. The van der Waals surface area contributed by atoms with E-state index in [0.29, 0.717) is 28.7 Å². The highest BCUT2D eigenvalue weighted by atomic mass is 16.6. The monoisotopic (exact) mass is 395 g/mol. The summed E-state index contributed by atoms with van der Waals surface area (Å²) in [6.45, 7) is 2.17. The van der Waals surface area contributed by atoms with Crippen LogP contribution in [0.3, 0.4) is 0 Å². The number of cyclic esters (lactones) is 1. The first-order valence-electron chi connectivity index (χ1n) is 9.52. The van der Waals surface area contributed by atoms with Crippen molar-refractivity contribution in [2.24, 2.45) is 4.99 Å². The van der Waals surface area contributed by atoms with Gasteiger partial charge in [-0.15, -0.1) is 0 Å². The van der Waals surface area contributed by atoms with Crippen LogP contribution in [0.5, 0.6) is 17.2 Å². The molecule has 0 fully saturated rings. The Morgan fingerprint density at radius 1 is 0.966 bits per heavy atom. The van der Waals surface area contributed by atoms with Crippen LogP contribution in [0, 0.1) is 0 Å². The Labute approximate surface area is 170 Å². The van der Waals surface area contributed by atoms with E-state index in [1.54, 1.807) is 25.3 Å². The average Bonchev–Trinajstić information content (AvgIpc) is 3.12. The van der Waals surface area contributed by atoms with Gasteiger partial charge in [0, 0.05) is 11.1 Å². The molecule has 2 aromatic carbocycles. The molecule has 152 valence electrons. The molecule has 6 nitrogen and oxygen atoms in total. The number of aryl methyl sites for hydroxylation is 1. The number of ether oxygens (including phenoxy) is 4. The number of rotatable bonds is 8. The summed E-state index contributed by atoms with van der Waals surface area (Å²) in [7, 11) is 4.61. The molecule has 0 bridgehead atoms. The van der Waals surface area contributed by atoms with Crippen LogP contribution in [0.2, 0.25) is 0 Å². The van der Waals surface area contributed by atoms with Crippen molar-refractivity contribution in [2.45, 2.75) is 26.2 Å². The maximum Gasteiger partial charge on any atom is 0.363 e. The second kappa shape index (κ2) is 9.28. The molecule has 1 heterocycles. The van der Waals surface area contributed by atoms with E-state index >= 15 is 0 Å². The zero-order valence-electron chi connectivity index (χ0n) is 17.2. The summed E-state index contributed by atoms with van der Waals surface area (Å²) in [5.74, 6) is 1.22. The molecule has 0 aliphatic carbocycles. The maximum absolute atomic E-state index is 12.3. The van der Waals surface area contributed by atoms with Gasteiger partial charge in [-0.3, -0.25) is 0 Å². The van der Waals surface area contributed by atoms with Crippen LogP contribution in [0.15, 0.2) is 47.1 Å². The number of hydrogen-bond acceptors (Lipinski definition) is 6. The second-order valence-corrected chi connectivity index (χ2v) is 6.56. The number of carbonyl (C=O) groups is 1. The van der Waals surface area contributed by atoms with Crippen LogP contribution in [-0.4, -0.2) is 33.2 Å². The lowest BCUT2D eigenvalue weighted by Crippen LogP contribution is -2.05. The molecule has 0 aromatic heterocycles. The highest BCUT2D eigenvalue weighted by Crippen LogP contribution is 2.40. The van der Waals surface area contributed by atoms with E-state index in [-0.39, 0.29) is 5.70 Å². The molecular formula is C23H25NO5. The van der Waals surface area contributed by atoms with Crippen LogP contribution in [0.1, 0.15) is 36.5 Å².